The van der Waals surface area contributed by atoms with Crippen molar-refractivity contribution in [2.24, 2.45) is 5.73 Å². The molecule has 0 aromatic carbocycles. The maximum Gasteiger partial charge on any atom is 0.267 e. The number of piperidine rings is 1. The number of carbonyl (C=O) groups excluding carboxylic acids is 1. The third kappa shape index (κ3) is 3.64. The van der Waals surface area contributed by atoms with Gasteiger partial charge in [-0.2, -0.15) is 0 Å². The summed E-state index contributed by atoms with van der Waals surface area (Å²) in [7, 11) is 0. The SMILES string of the molecule is CCc1nnsc1C(=O)N1CCCCC1CCN.Cl. The first-order chi connectivity index (χ1) is 8.77. The van der Waals surface area contributed by atoms with E-state index in [0.717, 1.165) is 37.9 Å². The molecule has 2 rings (SSSR count). The number of halogens is 1. The molecule has 108 valence electrons. The summed E-state index contributed by atoms with van der Waals surface area (Å²) in [6, 6.07) is 0.294. The molecule has 1 amide bonds. The van der Waals surface area contributed by atoms with Gasteiger partial charge in [0.25, 0.3) is 5.91 Å². The number of nitrogens with zero attached hydrogens (tertiary/aromatic N) is 3. The second-order valence-corrected chi connectivity index (χ2v) is 5.38. The van der Waals surface area contributed by atoms with E-state index in [9.17, 15) is 4.79 Å². The van der Waals surface area contributed by atoms with Crippen molar-refractivity contribution in [2.75, 3.05) is 13.1 Å². The van der Waals surface area contributed by atoms with Crippen molar-refractivity contribution < 1.29 is 4.79 Å². The predicted octanol–water partition coefficient (Wildman–Crippen LogP) is 1.87. The normalized spacial score (nSPS) is 19.1. The van der Waals surface area contributed by atoms with E-state index >= 15 is 0 Å². The van der Waals surface area contributed by atoms with E-state index in [2.05, 4.69) is 9.59 Å². The second kappa shape index (κ2) is 7.77. The molecule has 1 fully saturated rings. The van der Waals surface area contributed by atoms with Gasteiger partial charge in [-0.15, -0.1) is 17.5 Å². The lowest BCUT2D eigenvalue weighted by Crippen LogP contribution is -2.44. The maximum absolute atomic E-state index is 12.5. The molecule has 1 unspecified atom stereocenters. The molecule has 0 spiro atoms. The Bertz CT molecular complexity index is 410. The molecule has 7 heteroatoms. The first-order valence-electron chi connectivity index (χ1n) is 6.60. The summed E-state index contributed by atoms with van der Waals surface area (Å²) in [5.41, 5.74) is 6.46. The first kappa shape index (κ1) is 16.3. The number of aromatic nitrogens is 2. The quantitative estimate of drug-likeness (QED) is 0.921. The minimum atomic E-state index is 0. The van der Waals surface area contributed by atoms with E-state index < -0.39 is 0 Å². The Morgan fingerprint density at radius 1 is 1.53 bits per heavy atom. The summed E-state index contributed by atoms with van der Waals surface area (Å²) in [6.07, 6.45) is 4.99. The van der Waals surface area contributed by atoms with Gasteiger partial charge in [0.05, 0.1) is 5.69 Å². The maximum atomic E-state index is 12.5. The van der Waals surface area contributed by atoms with Crippen LogP contribution in [0.2, 0.25) is 0 Å². The van der Waals surface area contributed by atoms with Crippen LogP contribution >= 0.6 is 23.9 Å². The van der Waals surface area contributed by atoms with E-state index in [1.165, 1.54) is 18.0 Å². The summed E-state index contributed by atoms with van der Waals surface area (Å²) in [4.78, 5) is 15.2. The van der Waals surface area contributed by atoms with Gasteiger partial charge in [0, 0.05) is 12.6 Å². The number of nitrogens with two attached hydrogens (primary N) is 1. The smallest absolute Gasteiger partial charge is 0.267 e. The third-order valence-corrected chi connectivity index (χ3v) is 4.23. The van der Waals surface area contributed by atoms with Gasteiger partial charge < -0.3 is 10.6 Å². The molecule has 0 aliphatic carbocycles. The van der Waals surface area contributed by atoms with Crippen molar-refractivity contribution in [3.05, 3.63) is 10.6 Å². The lowest BCUT2D eigenvalue weighted by molar-refractivity contribution is 0.0609. The lowest BCUT2D eigenvalue weighted by Gasteiger charge is -2.35. The number of hydrogen-bond donors (Lipinski definition) is 1. The van der Waals surface area contributed by atoms with Gasteiger partial charge in [0.2, 0.25) is 0 Å². The summed E-state index contributed by atoms with van der Waals surface area (Å²) in [5.74, 6) is 0.0972. The van der Waals surface area contributed by atoms with Crippen molar-refractivity contribution >= 4 is 29.8 Å². The van der Waals surface area contributed by atoms with Crippen molar-refractivity contribution in [1.82, 2.24) is 14.5 Å². The summed E-state index contributed by atoms with van der Waals surface area (Å²) in [5, 5.41) is 4.02. The average molecular weight is 305 g/mol. The van der Waals surface area contributed by atoms with Gasteiger partial charge in [-0.3, -0.25) is 4.79 Å². The Balaban J connectivity index is 0.00000180. The minimum Gasteiger partial charge on any atom is -0.335 e. The van der Waals surface area contributed by atoms with Crippen LogP contribution in [-0.4, -0.2) is 39.5 Å². The molecular weight excluding hydrogens is 284 g/mol. The zero-order valence-electron chi connectivity index (χ0n) is 11.2. The molecule has 0 radical (unpaired) electrons. The average Bonchev–Trinajstić information content (AvgIpc) is 2.87. The molecule has 5 nitrogen and oxygen atoms in total. The number of likely N-dealkylation sites (tertiary alicyclic amines) is 1. The molecule has 0 saturated carbocycles. The van der Waals surface area contributed by atoms with E-state index in [0.29, 0.717) is 17.5 Å². The number of rotatable bonds is 4. The zero-order valence-corrected chi connectivity index (χ0v) is 12.8. The number of carbonyl (C=O) groups is 1. The molecule has 0 bridgehead atoms. The molecule has 1 saturated heterocycles. The molecule has 1 aromatic heterocycles. The molecular formula is C12H21ClN4OS. The number of hydrogen-bond acceptors (Lipinski definition) is 5. The van der Waals surface area contributed by atoms with Crippen molar-refractivity contribution in [3.63, 3.8) is 0 Å². The van der Waals surface area contributed by atoms with Crippen molar-refractivity contribution in [2.45, 2.75) is 45.1 Å². The fourth-order valence-electron chi connectivity index (χ4n) is 2.49. The number of amides is 1. The molecule has 2 heterocycles. The Kier molecular flexibility index (Phi) is 6.68. The fraction of sp³-hybridized carbons (Fsp3) is 0.750. The highest BCUT2D eigenvalue weighted by atomic mass is 35.5. The number of aryl methyl sites for hydroxylation is 1. The van der Waals surface area contributed by atoms with Crippen molar-refractivity contribution in [1.29, 1.82) is 0 Å². The van der Waals surface area contributed by atoms with Crippen LogP contribution < -0.4 is 5.73 Å². The van der Waals surface area contributed by atoms with Gasteiger partial charge >= 0.3 is 0 Å². The van der Waals surface area contributed by atoms with Crippen LogP contribution in [0, 0.1) is 0 Å². The van der Waals surface area contributed by atoms with Crippen LogP contribution in [0.5, 0.6) is 0 Å². The monoisotopic (exact) mass is 304 g/mol. The van der Waals surface area contributed by atoms with Crippen molar-refractivity contribution in [3.8, 4) is 0 Å². The zero-order chi connectivity index (χ0) is 13.0. The van der Waals surface area contributed by atoms with Gasteiger partial charge in [0.15, 0.2) is 0 Å². The largest absolute Gasteiger partial charge is 0.335 e. The minimum absolute atomic E-state index is 0. The van der Waals surface area contributed by atoms with E-state index in [1.54, 1.807) is 0 Å². The van der Waals surface area contributed by atoms with Gasteiger partial charge in [-0.05, 0) is 50.2 Å². The molecule has 1 aromatic rings. The molecule has 1 aliphatic rings. The predicted molar refractivity (Wildman–Crippen MR) is 78.9 cm³/mol. The highest BCUT2D eigenvalue weighted by molar-refractivity contribution is 7.08. The summed E-state index contributed by atoms with van der Waals surface area (Å²) < 4.78 is 3.90. The van der Waals surface area contributed by atoms with Crippen LogP contribution in [-0.2, 0) is 6.42 Å². The molecule has 1 atom stereocenters. The molecule has 1 aliphatic heterocycles. The fourth-order valence-corrected chi connectivity index (χ4v) is 3.20. The summed E-state index contributed by atoms with van der Waals surface area (Å²) >= 11 is 1.21. The topological polar surface area (TPSA) is 72.1 Å². The van der Waals surface area contributed by atoms with E-state index in [1.807, 2.05) is 11.8 Å². The van der Waals surface area contributed by atoms with Gasteiger partial charge in [0.1, 0.15) is 4.88 Å². The molecule has 19 heavy (non-hydrogen) atoms. The van der Waals surface area contributed by atoms with Gasteiger partial charge in [-0.25, -0.2) is 0 Å². The summed E-state index contributed by atoms with van der Waals surface area (Å²) in [6.45, 7) is 3.47. The van der Waals surface area contributed by atoms with E-state index in [4.69, 9.17) is 5.73 Å². The Morgan fingerprint density at radius 3 is 3.00 bits per heavy atom. The van der Waals surface area contributed by atoms with Crippen LogP contribution in [0.3, 0.4) is 0 Å². The van der Waals surface area contributed by atoms with Gasteiger partial charge in [-0.1, -0.05) is 11.4 Å². The third-order valence-electron chi connectivity index (χ3n) is 3.47. The standard InChI is InChI=1S/C12H20N4OS.ClH/c1-2-10-11(18-15-14-10)12(17)16-8-4-3-5-9(16)6-7-13;/h9H,2-8,13H2,1H3;1H. The lowest BCUT2D eigenvalue weighted by atomic mass is 9.99. The first-order valence-corrected chi connectivity index (χ1v) is 7.37. The Labute approximate surface area is 124 Å². The van der Waals surface area contributed by atoms with Crippen LogP contribution in [0.1, 0.15) is 48.0 Å². The van der Waals surface area contributed by atoms with Crippen LogP contribution in [0.15, 0.2) is 0 Å². The Hall–Kier alpha value is -0.720. The highest BCUT2D eigenvalue weighted by Gasteiger charge is 2.29. The second-order valence-electron chi connectivity index (χ2n) is 4.63. The van der Waals surface area contributed by atoms with E-state index in [-0.39, 0.29) is 18.3 Å². The Morgan fingerprint density at radius 2 is 2.32 bits per heavy atom. The highest BCUT2D eigenvalue weighted by Crippen LogP contribution is 2.23. The molecule has 2 N–H and O–H groups in total. The van der Waals surface area contributed by atoms with Crippen LogP contribution in [0.25, 0.3) is 0 Å². The van der Waals surface area contributed by atoms with Crippen LogP contribution in [0.4, 0.5) is 0 Å².